The summed E-state index contributed by atoms with van der Waals surface area (Å²) in [4.78, 5) is 29.8. The fourth-order valence-corrected chi connectivity index (χ4v) is 7.93. The van der Waals surface area contributed by atoms with Crippen molar-refractivity contribution in [1.82, 2.24) is 14.0 Å². The standard InChI is InChI=1S/C39H41N3O2/c1-25(23-36(43)32-15-9-13-30-28-11-5-7-17-34(28)40(3)38(30)32)27-19-21-42(22-20-27)26(2)24-37(44)33-16-10-14-31-29-12-6-8-18-35(29)41(4)39(31)33/h5-18,25-27H,19-24H2,1-4H3. The van der Waals surface area contributed by atoms with Gasteiger partial charge in [0, 0.05) is 76.7 Å². The number of piperidine rings is 1. The molecule has 0 saturated carbocycles. The molecule has 5 heteroatoms. The highest BCUT2D eigenvalue weighted by atomic mass is 16.1. The Morgan fingerprint density at radius 1 is 0.636 bits per heavy atom. The molecule has 2 aromatic heterocycles. The first-order valence-electron chi connectivity index (χ1n) is 16.1. The van der Waals surface area contributed by atoms with Crippen LogP contribution in [0.3, 0.4) is 0 Å². The van der Waals surface area contributed by atoms with Crippen LogP contribution in [-0.4, -0.2) is 44.7 Å². The van der Waals surface area contributed by atoms with Gasteiger partial charge in [0.2, 0.25) is 0 Å². The molecule has 6 aromatic rings. The zero-order valence-electron chi connectivity index (χ0n) is 26.2. The predicted molar refractivity (Wildman–Crippen MR) is 182 cm³/mol. The number of hydrogen-bond acceptors (Lipinski definition) is 3. The monoisotopic (exact) mass is 583 g/mol. The van der Waals surface area contributed by atoms with E-state index in [1.807, 2.05) is 24.3 Å². The molecule has 0 amide bonds. The second kappa shape index (κ2) is 11.4. The zero-order chi connectivity index (χ0) is 30.5. The van der Waals surface area contributed by atoms with Crippen LogP contribution in [0, 0.1) is 11.8 Å². The third-order valence-corrected chi connectivity index (χ3v) is 10.4. The third kappa shape index (κ3) is 4.75. The summed E-state index contributed by atoms with van der Waals surface area (Å²) in [6.45, 7) is 6.37. The van der Waals surface area contributed by atoms with Gasteiger partial charge in [-0.3, -0.25) is 9.59 Å². The summed E-state index contributed by atoms with van der Waals surface area (Å²) in [6.07, 6.45) is 3.19. The molecule has 4 aromatic carbocycles. The number of para-hydroxylation sites is 4. The lowest BCUT2D eigenvalue weighted by atomic mass is 9.81. The number of benzene rings is 4. The first-order chi connectivity index (χ1) is 21.3. The summed E-state index contributed by atoms with van der Waals surface area (Å²) in [5, 5.41) is 4.68. The molecule has 2 unspecified atom stereocenters. The summed E-state index contributed by atoms with van der Waals surface area (Å²) >= 11 is 0. The van der Waals surface area contributed by atoms with Crippen LogP contribution in [0.5, 0.6) is 0 Å². The van der Waals surface area contributed by atoms with Crippen molar-refractivity contribution in [3.8, 4) is 0 Å². The minimum absolute atomic E-state index is 0.175. The smallest absolute Gasteiger partial charge is 0.166 e. The number of carbonyl (C=O) groups excluding carboxylic acids is 2. The van der Waals surface area contributed by atoms with Crippen LogP contribution in [-0.2, 0) is 14.1 Å². The fraction of sp³-hybridized carbons (Fsp3) is 0.333. The number of nitrogens with zero attached hydrogens (tertiary/aromatic N) is 3. The minimum atomic E-state index is 0.175. The maximum absolute atomic E-state index is 13.7. The molecule has 224 valence electrons. The largest absolute Gasteiger partial charge is 0.343 e. The molecule has 0 bridgehead atoms. The van der Waals surface area contributed by atoms with E-state index in [2.05, 4.69) is 103 Å². The van der Waals surface area contributed by atoms with E-state index in [1.165, 1.54) is 10.8 Å². The van der Waals surface area contributed by atoms with Gasteiger partial charge in [-0.05, 0) is 69.0 Å². The summed E-state index contributed by atoms with van der Waals surface area (Å²) < 4.78 is 4.33. The van der Waals surface area contributed by atoms with Gasteiger partial charge >= 0.3 is 0 Å². The van der Waals surface area contributed by atoms with Crippen molar-refractivity contribution in [2.24, 2.45) is 25.9 Å². The maximum Gasteiger partial charge on any atom is 0.166 e. The third-order valence-electron chi connectivity index (χ3n) is 10.4. The maximum atomic E-state index is 13.7. The highest BCUT2D eigenvalue weighted by Crippen LogP contribution is 2.35. The van der Waals surface area contributed by atoms with Gasteiger partial charge in [-0.25, -0.2) is 0 Å². The quantitative estimate of drug-likeness (QED) is 0.169. The van der Waals surface area contributed by atoms with Gasteiger partial charge < -0.3 is 14.0 Å². The Hall–Kier alpha value is -4.22. The Bertz CT molecular complexity index is 1890. The summed E-state index contributed by atoms with van der Waals surface area (Å²) in [5.74, 6) is 1.26. The van der Waals surface area contributed by atoms with Crippen LogP contribution in [0.2, 0.25) is 0 Å². The molecule has 0 radical (unpaired) electrons. The highest BCUT2D eigenvalue weighted by Gasteiger charge is 2.29. The van der Waals surface area contributed by atoms with E-state index in [0.717, 1.165) is 69.9 Å². The first-order valence-corrected chi connectivity index (χ1v) is 16.1. The number of aromatic nitrogens is 2. The van der Waals surface area contributed by atoms with E-state index in [1.54, 1.807) is 0 Å². The average molecular weight is 584 g/mol. The predicted octanol–water partition coefficient (Wildman–Crippen LogP) is 8.56. The van der Waals surface area contributed by atoms with Crippen molar-refractivity contribution in [2.75, 3.05) is 13.1 Å². The second-order valence-electron chi connectivity index (χ2n) is 13.0. The van der Waals surface area contributed by atoms with Crippen molar-refractivity contribution in [3.05, 3.63) is 96.1 Å². The average Bonchev–Trinajstić information content (AvgIpc) is 3.52. The molecule has 1 saturated heterocycles. The number of rotatable bonds is 8. The molecule has 1 fully saturated rings. The SMILES string of the molecule is CC(CC(=O)c1cccc2c3ccccc3n(C)c12)C1CCN(C(C)CC(=O)c2cccc3c4ccccc4n(C)c23)CC1. The Morgan fingerprint density at radius 2 is 1.09 bits per heavy atom. The van der Waals surface area contributed by atoms with Crippen LogP contribution < -0.4 is 0 Å². The zero-order valence-corrected chi connectivity index (χ0v) is 26.2. The van der Waals surface area contributed by atoms with E-state index < -0.39 is 0 Å². The highest BCUT2D eigenvalue weighted by molar-refractivity contribution is 6.17. The lowest BCUT2D eigenvalue weighted by Crippen LogP contribution is -2.42. The topological polar surface area (TPSA) is 47.2 Å². The van der Waals surface area contributed by atoms with Gasteiger partial charge in [0.25, 0.3) is 0 Å². The summed E-state index contributed by atoms with van der Waals surface area (Å²) in [6, 6.07) is 29.2. The molecule has 0 spiro atoms. The number of aryl methyl sites for hydroxylation is 2. The fourth-order valence-electron chi connectivity index (χ4n) is 7.93. The molecule has 0 N–H and O–H groups in total. The molecule has 1 aliphatic rings. The van der Waals surface area contributed by atoms with Crippen molar-refractivity contribution < 1.29 is 9.59 Å². The molecular formula is C39H41N3O2. The lowest BCUT2D eigenvalue weighted by Gasteiger charge is -2.38. The molecule has 1 aliphatic heterocycles. The van der Waals surface area contributed by atoms with Crippen molar-refractivity contribution >= 4 is 55.2 Å². The number of Topliss-reactive ketones (excluding diaryl/α,β-unsaturated/α-hetero) is 2. The lowest BCUT2D eigenvalue weighted by molar-refractivity contribution is 0.0808. The van der Waals surface area contributed by atoms with Crippen molar-refractivity contribution in [3.63, 3.8) is 0 Å². The van der Waals surface area contributed by atoms with E-state index >= 15 is 0 Å². The van der Waals surface area contributed by atoms with E-state index in [4.69, 9.17) is 0 Å². The Kier molecular flexibility index (Phi) is 7.37. The number of hydrogen-bond donors (Lipinski definition) is 0. The number of fused-ring (bicyclic) bond motifs is 6. The molecular weight excluding hydrogens is 542 g/mol. The Labute approximate surface area is 259 Å². The van der Waals surface area contributed by atoms with Crippen LogP contribution in [0.4, 0.5) is 0 Å². The van der Waals surface area contributed by atoms with Crippen LogP contribution >= 0.6 is 0 Å². The Balaban J connectivity index is 1.00. The van der Waals surface area contributed by atoms with Gasteiger partial charge in [0.15, 0.2) is 11.6 Å². The molecule has 7 rings (SSSR count). The second-order valence-corrected chi connectivity index (χ2v) is 13.0. The molecule has 3 heterocycles. The molecule has 0 aliphatic carbocycles. The first kappa shape index (κ1) is 28.5. The molecule has 44 heavy (non-hydrogen) atoms. The van der Waals surface area contributed by atoms with Gasteiger partial charge in [-0.1, -0.05) is 67.6 Å². The van der Waals surface area contributed by atoms with Gasteiger partial charge in [-0.15, -0.1) is 0 Å². The van der Waals surface area contributed by atoms with E-state index in [0.29, 0.717) is 24.7 Å². The van der Waals surface area contributed by atoms with E-state index in [-0.39, 0.29) is 17.6 Å². The molecule has 2 atom stereocenters. The van der Waals surface area contributed by atoms with Crippen LogP contribution in [0.15, 0.2) is 84.9 Å². The van der Waals surface area contributed by atoms with Crippen molar-refractivity contribution in [2.45, 2.75) is 45.6 Å². The number of likely N-dealkylation sites (tertiary alicyclic amines) is 1. The molecule has 5 nitrogen and oxygen atoms in total. The number of ketones is 2. The van der Waals surface area contributed by atoms with Gasteiger partial charge in [0.1, 0.15) is 0 Å². The Morgan fingerprint density at radius 3 is 1.61 bits per heavy atom. The summed E-state index contributed by atoms with van der Waals surface area (Å²) in [5.41, 5.74) is 6.03. The summed E-state index contributed by atoms with van der Waals surface area (Å²) in [7, 11) is 4.12. The van der Waals surface area contributed by atoms with Crippen LogP contribution in [0.1, 0.15) is 60.2 Å². The van der Waals surface area contributed by atoms with Gasteiger partial charge in [0.05, 0.1) is 11.0 Å². The van der Waals surface area contributed by atoms with Gasteiger partial charge in [-0.2, -0.15) is 0 Å². The normalized spacial score (nSPS) is 16.3. The van der Waals surface area contributed by atoms with Crippen molar-refractivity contribution in [1.29, 1.82) is 0 Å². The van der Waals surface area contributed by atoms with E-state index in [9.17, 15) is 9.59 Å². The van der Waals surface area contributed by atoms with Crippen LogP contribution in [0.25, 0.3) is 43.6 Å². The number of carbonyl (C=O) groups is 2. The minimum Gasteiger partial charge on any atom is -0.343 e.